The van der Waals surface area contributed by atoms with Gasteiger partial charge in [0.25, 0.3) is 5.91 Å². The Balaban J connectivity index is 2.43. The van der Waals surface area contributed by atoms with Crippen LogP contribution in [-0.4, -0.2) is 30.8 Å². The zero-order chi connectivity index (χ0) is 16.5. The fourth-order valence-electron chi connectivity index (χ4n) is 1.51. The number of carbonyl (C=O) groups excluding carboxylic acids is 1. The Bertz CT molecular complexity index is 567. The zero-order valence-electron chi connectivity index (χ0n) is 12.2. The highest BCUT2D eigenvalue weighted by molar-refractivity contribution is 7.80. The molecule has 22 heavy (non-hydrogen) atoms. The van der Waals surface area contributed by atoms with Crippen LogP contribution in [-0.2, 0) is 9.53 Å². The fourth-order valence-corrected chi connectivity index (χ4v) is 2.24. The molecule has 0 saturated heterocycles. The average molecular weight is 362 g/mol. The summed E-state index contributed by atoms with van der Waals surface area (Å²) in [5.74, 6) is -0.366. The van der Waals surface area contributed by atoms with Crippen LogP contribution in [0.25, 0.3) is 6.08 Å². The molecule has 0 saturated carbocycles. The third-order valence-corrected chi connectivity index (χ3v) is 3.25. The van der Waals surface area contributed by atoms with Crippen molar-refractivity contribution >= 4 is 52.5 Å². The lowest BCUT2D eigenvalue weighted by atomic mass is 10.2. The Labute approximate surface area is 145 Å². The first kappa shape index (κ1) is 18.7. The number of hydrazine groups is 1. The number of benzene rings is 1. The summed E-state index contributed by atoms with van der Waals surface area (Å²) in [4.78, 5) is 11.7. The van der Waals surface area contributed by atoms with Crippen LogP contribution in [0, 0.1) is 0 Å². The summed E-state index contributed by atoms with van der Waals surface area (Å²) >= 11 is 16.8. The molecule has 0 aliphatic heterocycles. The second-order valence-electron chi connectivity index (χ2n) is 4.44. The van der Waals surface area contributed by atoms with Gasteiger partial charge in [-0.15, -0.1) is 0 Å². The van der Waals surface area contributed by atoms with Crippen molar-refractivity contribution in [2.45, 2.75) is 13.0 Å². The number of hydrogen-bond donors (Lipinski definition) is 3. The second kappa shape index (κ2) is 9.63. The highest BCUT2D eigenvalue weighted by Crippen LogP contribution is 2.21. The number of ether oxygens (including phenoxy) is 1. The topological polar surface area (TPSA) is 62.4 Å². The molecular formula is C14H17Cl2N3O2S. The first-order valence-electron chi connectivity index (χ1n) is 6.41. The van der Waals surface area contributed by atoms with Crippen molar-refractivity contribution < 1.29 is 9.53 Å². The van der Waals surface area contributed by atoms with Crippen molar-refractivity contribution in [2.24, 2.45) is 0 Å². The number of amides is 1. The monoisotopic (exact) mass is 361 g/mol. The van der Waals surface area contributed by atoms with E-state index in [9.17, 15) is 4.79 Å². The van der Waals surface area contributed by atoms with Crippen molar-refractivity contribution in [2.75, 3.05) is 13.7 Å². The highest BCUT2D eigenvalue weighted by Gasteiger charge is 2.04. The molecule has 8 heteroatoms. The third kappa shape index (κ3) is 7.09. The largest absolute Gasteiger partial charge is 0.383 e. The standard InChI is InChI=1S/C14H17Cl2N3O2S/c1-9(8-21-2)17-14(22)19-18-13(20)6-4-10-3-5-11(15)7-12(10)16/h3-7,9H,8H2,1-2H3,(H,18,20)(H2,17,19,22)/b6-4+/t9-/m0/s1. The van der Waals surface area contributed by atoms with Gasteiger partial charge in [0.15, 0.2) is 5.11 Å². The molecule has 1 amide bonds. The van der Waals surface area contributed by atoms with E-state index >= 15 is 0 Å². The van der Waals surface area contributed by atoms with Gasteiger partial charge >= 0.3 is 0 Å². The van der Waals surface area contributed by atoms with Crippen LogP contribution in [0.4, 0.5) is 0 Å². The summed E-state index contributed by atoms with van der Waals surface area (Å²) in [6, 6.07) is 5.06. The Morgan fingerprint density at radius 2 is 2.14 bits per heavy atom. The van der Waals surface area contributed by atoms with Gasteiger partial charge in [0, 0.05) is 29.3 Å². The van der Waals surface area contributed by atoms with Crippen molar-refractivity contribution in [1.82, 2.24) is 16.2 Å². The van der Waals surface area contributed by atoms with E-state index in [4.69, 9.17) is 40.2 Å². The van der Waals surface area contributed by atoms with Crippen LogP contribution >= 0.6 is 35.4 Å². The predicted molar refractivity (Wildman–Crippen MR) is 93.8 cm³/mol. The highest BCUT2D eigenvalue weighted by atomic mass is 35.5. The van der Waals surface area contributed by atoms with Gasteiger partial charge in [-0.05, 0) is 42.9 Å². The molecule has 0 aromatic heterocycles. The number of carbonyl (C=O) groups is 1. The number of halogens is 2. The minimum absolute atomic E-state index is 0.0327. The molecule has 0 aliphatic carbocycles. The molecule has 0 spiro atoms. The van der Waals surface area contributed by atoms with E-state index in [1.807, 2.05) is 6.92 Å². The molecule has 120 valence electrons. The van der Waals surface area contributed by atoms with E-state index in [0.29, 0.717) is 27.3 Å². The summed E-state index contributed by atoms with van der Waals surface area (Å²) in [6.07, 6.45) is 2.92. The van der Waals surface area contributed by atoms with Crippen LogP contribution in [0.5, 0.6) is 0 Å². The Morgan fingerprint density at radius 3 is 2.77 bits per heavy atom. The summed E-state index contributed by atoms with van der Waals surface area (Å²) in [7, 11) is 1.60. The second-order valence-corrected chi connectivity index (χ2v) is 5.70. The predicted octanol–water partition coefficient (Wildman–Crippen LogP) is 2.54. The molecule has 0 heterocycles. The van der Waals surface area contributed by atoms with Gasteiger partial charge in [-0.2, -0.15) is 0 Å². The van der Waals surface area contributed by atoms with Crippen molar-refractivity contribution in [1.29, 1.82) is 0 Å². The molecule has 1 aromatic rings. The minimum Gasteiger partial charge on any atom is -0.383 e. The molecule has 0 aliphatic rings. The molecule has 1 atom stereocenters. The van der Waals surface area contributed by atoms with E-state index in [2.05, 4.69) is 16.2 Å². The maximum absolute atomic E-state index is 11.7. The van der Waals surface area contributed by atoms with Crippen LogP contribution < -0.4 is 16.2 Å². The number of thiocarbonyl (C=S) groups is 1. The minimum atomic E-state index is -0.366. The summed E-state index contributed by atoms with van der Waals surface area (Å²) in [5, 5.41) is 4.25. The fraction of sp³-hybridized carbons (Fsp3) is 0.286. The molecule has 0 fully saturated rings. The van der Waals surface area contributed by atoms with Gasteiger partial charge in [-0.1, -0.05) is 29.3 Å². The van der Waals surface area contributed by atoms with Gasteiger partial charge in [-0.3, -0.25) is 15.6 Å². The van der Waals surface area contributed by atoms with Crippen LogP contribution in [0.2, 0.25) is 10.0 Å². The lowest BCUT2D eigenvalue weighted by Gasteiger charge is -2.15. The summed E-state index contributed by atoms with van der Waals surface area (Å²) in [5.41, 5.74) is 5.72. The van der Waals surface area contributed by atoms with Gasteiger partial charge in [0.1, 0.15) is 0 Å². The molecule has 5 nitrogen and oxygen atoms in total. The first-order chi connectivity index (χ1) is 10.4. The lowest BCUT2D eigenvalue weighted by Crippen LogP contribution is -2.49. The smallest absolute Gasteiger partial charge is 0.262 e. The molecular weight excluding hydrogens is 345 g/mol. The van der Waals surface area contributed by atoms with E-state index in [-0.39, 0.29) is 11.9 Å². The SMILES string of the molecule is COC[C@H](C)NC(=S)NNC(=O)/C=C/c1ccc(Cl)cc1Cl. The molecule has 3 N–H and O–H groups in total. The first-order valence-corrected chi connectivity index (χ1v) is 7.57. The van der Waals surface area contributed by atoms with Crippen molar-refractivity contribution in [3.8, 4) is 0 Å². The van der Waals surface area contributed by atoms with Crippen molar-refractivity contribution in [3.05, 3.63) is 39.9 Å². The molecule has 0 unspecified atom stereocenters. The van der Waals surface area contributed by atoms with E-state index < -0.39 is 0 Å². The Kier molecular flexibility index (Phi) is 8.19. The van der Waals surface area contributed by atoms with Gasteiger partial charge < -0.3 is 10.1 Å². The Hall–Kier alpha value is -1.34. The van der Waals surface area contributed by atoms with Gasteiger partial charge in [-0.25, -0.2) is 0 Å². The number of nitrogens with one attached hydrogen (secondary N) is 3. The lowest BCUT2D eigenvalue weighted by molar-refractivity contribution is -0.116. The normalized spacial score (nSPS) is 12.0. The number of hydrogen-bond acceptors (Lipinski definition) is 3. The molecule has 0 bridgehead atoms. The van der Waals surface area contributed by atoms with Crippen LogP contribution in [0.15, 0.2) is 24.3 Å². The van der Waals surface area contributed by atoms with Gasteiger partial charge in [0.05, 0.1) is 6.61 Å². The van der Waals surface area contributed by atoms with Crippen LogP contribution in [0.1, 0.15) is 12.5 Å². The number of methoxy groups -OCH3 is 1. The third-order valence-electron chi connectivity index (χ3n) is 2.47. The summed E-state index contributed by atoms with van der Waals surface area (Å²) in [6.45, 7) is 2.41. The van der Waals surface area contributed by atoms with E-state index in [1.54, 1.807) is 31.4 Å². The maximum Gasteiger partial charge on any atom is 0.262 e. The molecule has 0 radical (unpaired) electrons. The maximum atomic E-state index is 11.7. The van der Waals surface area contributed by atoms with Crippen LogP contribution in [0.3, 0.4) is 0 Å². The summed E-state index contributed by atoms with van der Waals surface area (Å²) < 4.78 is 4.97. The molecule has 1 aromatic carbocycles. The quantitative estimate of drug-likeness (QED) is 0.427. The average Bonchev–Trinajstić information content (AvgIpc) is 2.44. The van der Waals surface area contributed by atoms with Gasteiger partial charge in [0.2, 0.25) is 0 Å². The van der Waals surface area contributed by atoms with E-state index in [1.165, 1.54) is 6.08 Å². The van der Waals surface area contributed by atoms with E-state index in [0.717, 1.165) is 0 Å². The Morgan fingerprint density at radius 1 is 1.41 bits per heavy atom. The molecule has 1 rings (SSSR count). The van der Waals surface area contributed by atoms with Crippen molar-refractivity contribution in [3.63, 3.8) is 0 Å². The zero-order valence-corrected chi connectivity index (χ0v) is 14.5. The number of rotatable bonds is 5.